The minimum atomic E-state index is -0.671. The van der Waals surface area contributed by atoms with E-state index in [1.165, 1.54) is 0 Å². The summed E-state index contributed by atoms with van der Waals surface area (Å²) in [6.45, 7) is 2.97. The molecule has 0 atom stereocenters. The molecule has 0 aromatic carbocycles. The number of rotatable bonds is 7. The molecule has 2 aromatic heterocycles. The maximum atomic E-state index is 11.6. The van der Waals surface area contributed by atoms with Crippen LogP contribution in [-0.2, 0) is 0 Å². The van der Waals surface area contributed by atoms with Crippen LogP contribution in [0.3, 0.4) is 0 Å². The molecule has 24 heavy (non-hydrogen) atoms. The van der Waals surface area contributed by atoms with E-state index in [-0.39, 0.29) is 5.69 Å². The molecule has 9 nitrogen and oxygen atoms in total. The van der Waals surface area contributed by atoms with Crippen molar-refractivity contribution < 1.29 is 4.79 Å². The number of primary amides is 1. The van der Waals surface area contributed by atoms with Crippen LogP contribution in [0.15, 0.2) is 18.2 Å². The van der Waals surface area contributed by atoms with Crippen molar-refractivity contribution in [2.75, 3.05) is 42.7 Å². The number of hydrogen-bond donors (Lipinski definition) is 4. The highest BCUT2D eigenvalue weighted by molar-refractivity contribution is 5.97. The monoisotopic (exact) mass is 330 g/mol. The fourth-order valence-electron chi connectivity index (χ4n) is 2.13. The molecule has 128 valence electrons. The fraction of sp³-hybridized carbons (Fsp3) is 0.333. The molecule has 0 aliphatic heterocycles. The number of pyridine rings is 1. The molecule has 0 aliphatic rings. The lowest BCUT2D eigenvalue weighted by molar-refractivity contribution is 0.0995. The Morgan fingerprint density at radius 2 is 2.00 bits per heavy atom. The van der Waals surface area contributed by atoms with Crippen LogP contribution in [-0.4, -0.2) is 48.3 Å². The van der Waals surface area contributed by atoms with E-state index in [4.69, 9.17) is 11.5 Å². The molecule has 1 amide bonds. The first kappa shape index (κ1) is 17.4. The van der Waals surface area contributed by atoms with Gasteiger partial charge >= 0.3 is 0 Å². The van der Waals surface area contributed by atoms with Crippen molar-refractivity contribution in [1.82, 2.24) is 15.2 Å². The van der Waals surface area contributed by atoms with Gasteiger partial charge in [0.05, 0.1) is 5.69 Å². The maximum Gasteiger partial charge on any atom is 0.271 e. The van der Waals surface area contributed by atoms with Crippen LogP contribution < -0.4 is 27.0 Å². The minimum absolute atomic E-state index is 0.0436. The Morgan fingerprint density at radius 3 is 2.62 bits per heavy atom. The van der Waals surface area contributed by atoms with Crippen LogP contribution >= 0.6 is 0 Å². The van der Waals surface area contributed by atoms with Gasteiger partial charge in [-0.1, -0.05) is 6.07 Å². The van der Waals surface area contributed by atoms with Crippen LogP contribution in [0, 0.1) is 6.92 Å². The number of aromatic nitrogens is 3. The van der Waals surface area contributed by atoms with E-state index in [9.17, 15) is 4.79 Å². The van der Waals surface area contributed by atoms with Crippen LogP contribution in [0.5, 0.6) is 0 Å². The minimum Gasteiger partial charge on any atom is -0.367 e. The second-order valence-corrected chi connectivity index (χ2v) is 5.43. The number of carbonyl (C=O) groups excluding carboxylic acids is 1. The molecule has 9 heteroatoms. The van der Waals surface area contributed by atoms with E-state index in [0.29, 0.717) is 30.4 Å². The van der Waals surface area contributed by atoms with Gasteiger partial charge in [0.2, 0.25) is 0 Å². The topological polar surface area (TPSA) is 135 Å². The molecule has 0 spiro atoms. The van der Waals surface area contributed by atoms with Gasteiger partial charge in [0, 0.05) is 33.3 Å². The lowest BCUT2D eigenvalue weighted by atomic mass is 10.2. The van der Waals surface area contributed by atoms with Crippen LogP contribution in [0.2, 0.25) is 0 Å². The average Bonchev–Trinajstić information content (AvgIpc) is 2.54. The summed E-state index contributed by atoms with van der Waals surface area (Å²) in [7, 11) is 3.83. The molecule has 0 aliphatic carbocycles. The van der Waals surface area contributed by atoms with Crippen molar-refractivity contribution in [1.29, 1.82) is 0 Å². The Kier molecular flexibility index (Phi) is 5.48. The smallest absolute Gasteiger partial charge is 0.271 e. The Morgan fingerprint density at radius 1 is 1.25 bits per heavy atom. The summed E-state index contributed by atoms with van der Waals surface area (Å²) in [4.78, 5) is 18.0. The molecule has 0 radical (unpaired) electrons. The van der Waals surface area contributed by atoms with E-state index in [1.54, 1.807) is 6.07 Å². The highest BCUT2D eigenvalue weighted by Gasteiger charge is 2.14. The summed E-state index contributed by atoms with van der Waals surface area (Å²) in [6, 6.07) is 5.41. The highest BCUT2D eigenvalue weighted by atomic mass is 16.1. The summed E-state index contributed by atoms with van der Waals surface area (Å²) in [5.74, 6) is 1.22. The van der Waals surface area contributed by atoms with E-state index in [0.717, 1.165) is 11.4 Å². The Balaban J connectivity index is 2.36. The van der Waals surface area contributed by atoms with Crippen molar-refractivity contribution in [2.24, 2.45) is 11.5 Å². The van der Waals surface area contributed by atoms with E-state index in [1.807, 2.05) is 38.1 Å². The van der Waals surface area contributed by atoms with Crippen molar-refractivity contribution in [3.8, 4) is 0 Å². The number of aryl methyl sites for hydroxylation is 1. The summed E-state index contributed by atoms with van der Waals surface area (Å²) in [5, 5.41) is 13.9. The van der Waals surface area contributed by atoms with Crippen molar-refractivity contribution in [2.45, 2.75) is 6.92 Å². The van der Waals surface area contributed by atoms with Crippen LogP contribution in [0.4, 0.5) is 23.1 Å². The Bertz CT molecular complexity index is 731. The quantitative estimate of drug-likeness (QED) is 0.575. The average molecular weight is 330 g/mol. The fourth-order valence-corrected chi connectivity index (χ4v) is 2.13. The molecule has 0 bridgehead atoms. The zero-order chi connectivity index (χ0) is 17.7. The number of nitrogens with zero attached hydrogens (tertiary/aromatic N) is 4. The zero-order valence-electron chi connectivity index (χ0n) is 14.0. The van der Waals surface area contributed by atoms with Gasteiger partial charge in [0.25, 0.3) is 5.91 Å². The van der Waals surface area contributed by atoms with Crippen molar-refractivity contribution in [3.05, 3.63) is 29.5 Å². The third-order valence-corrected chi connectivity index (χ3v) is 3.23. The first-order valence-corrected chi connectivity index (χ1v) is 7.46. The molecule has 0 fully saturated rings. The van der Waals surface area contributed by atoms with E-state index < -0.39 is 5.91 Å². The van der Waals surface area contributed by atoms with Gasteiger partial charge in [-0.15, -0.1) is 10.2 Å². The van der Waals surface area contributed by atoms with Gasteiger partial charge in [-0.2, -0.15) is 0 Å². The number of amides is 1. The highest BCUT2D eigenvalue weighted by Crippen LogP contribution is 2.23. The lowest BCUT2D eigenvalue weighted by Gasteiger charge is -2.16. The first-order valence-electron chi connectivity index (χ1n) is 7.46. The van der Waals surface area contributed by atoms with Gasteiger partial charge in [-0.25, -0.2) is 4.98 Å². The molecule has 6 N–H and O–H groups in total. The zero-order valence-corrected chi connectivity index (χ0v) is 14.0. The van der Waals surface area contributed by atoms with Gasteiger partial charge in [0.15, 0.2) is 11.5 Å². The maximum absolute atomic E-state index is 11.6. The van der Waals surface area contributed by atoms with Gasteiger partial charge in [0.1, 0.15) is 11.6 Å². The number of nitrogens with one attached hydrogen (secondary N) is 2. The molecule has 0 unspecified atom stereocenters. The Hall–Kier alpha value is -2.94. The number of carbonyl (C=O) groups is 1. The molecule has 2 heterocycles. The van der Waals surface area contributed by atoms with Crippen LogP contribution in [0.25, 0.3) is 0 Å². The van der Waals surface area contributed by atoms with E-state index in [2.05, 4.69) is 25.8 Å². The molecular formula is C15H22N8O. The molecule has 0 saturated carbocycles. The lowest BCUT2D eigenvalue weighted by Crippen LogP contribution is -2.19. The number of hydrogen-bond acceptors (Lipinski definition) is 8. The van der Waals surface area contributed by atoms with Crippen molar-refractivity contribution in [3.63, 3.8) is 0 Å². The standard InChI is InChI=1S/C15H22N8O/c1-9-4-5-11(20-15(9)23(2)3)19-10-8-12(18-7-6-16)21-22-13(10)14(17)24/h4-5,8H,6-7,16H2,1-3H3,(H2,17,24)(H2,18,19,20,21). The van der Waals surface area contributed by atoms with Gasteiger partial charge in [-0.3, -0.25) is 4.79 Å². The first-order chi connectivity index (χ1) is 11.4. The molecule has 2 rings (SSSR count). The summed E-state index contributed by atoms with van der Waals surface area (Å²) >= 11 is 0. The second kappa shape index (κ2) is 7.55. The van der Waals surface area contributed by atoms with Gasteiger partial charge < -0.3 is 27.0 Å². The van der Waals surface area contributed by atoms with Crippen LogP contribution in [0.1, 0.15) is 16.1 Å². The molecular weight excluding hydrogens is 308 g/mol. The predicted molar refractivity (Wildman–Crippen MR) is 94.7 cm³/mol. The van der Waals surface area contributed by atoms with Gasteiger partial charge in [-0.05, 0) is 18.6 Å². The normalized spacial score (nSPS) is 10.3. The SMILES string of the molecule is Cc1ccc(Nc2cc(NCCN)nnc2C(N)=O)nc1N(C)C. The predicted octanol–water partition coefficient (Wildman–Crippen LogP) is 0.459. The largest absolute Gasteiger partial charge is 0.367 e. The second-order valence-electron chi connectivity index (χ2n) is 5.43. The number of nitrogens with two attached hydrogens (primary N) is 2. The Labute approximate surface area is 140 Å². The molecule has 0 saturated heterocycles. The van der Waals surface area contributed by atoms with Crippen molar-refractivity contribution >= 4 is 29.0 Å². The summed E-state index contributed by atoms with van der Waals surface area (Å²) in [6.07, 6.45) is 0. The number of anilines is 4. The molecule has 2 aromatic rings. The third kappa shape index (κ3) is 4.07. The summed E-state index contributed by atoms with van der Waals surface area (Å²) < 4.78 is 0. The summed E-state index contributed by atoms with van der Waals surface area (Å²) in [5.41, 5.74) is 12.3. The van der Waals surface area contributed by atoms with E-state index >= 15 is 0 Å². The third-order valence-electron chi connectivity index (χ3n) is 3.23.